The zero-order chi connectivity index (χ0) is 20.5. The van der Waals surface area contributed by atoms with Crippen LogP contribution < -0.4 is 9.47 Å². The normalized spacial score (nSPS) is 12.1. The molecule has 148 valence electrons. The molecule has 0 spiro atoms. The van der Waals surface area contributed by atoms with Crippen LogP contribution in [0, 0.1) is 13.8 Å². The minimum absolute atomic E-state index is 0.0878. The van der Waals surface area contributed by atoms with Gasteiger partial charge in [0.15, 0.2) is 35.4 Å². The van der Waals surface area contributed by atoms with Crippen LogP contribution in [0.4, 0.5) is 0 Å². The van der Waals surface area contributed by atoms with Gasteiger partial charge >= 0.3 is 5.97 Å². The zero-order valence-electron chi connectivity index (χ0n) is 15.6. The van der Waals surface area contributed by atoms with Crippen LogP contribution in [0.15, 0.2) is 36.4 Å². The molecule has 0 amide bonds. The van der Waals surface area contributed by atoms with Crippen LogP contribution >= 0.6 is 11.6 Å². The number of aromatic nitrogens is 3. The summed E-state index contributed by atoms with van der Waals surface area (Å²) in [6.45, 7) is 3.38. The first-order valence-electron chi connectivity index (χ1n) is 8.72. The fourth-order valence-corrected chi connectivity index (χ4v) is 3.09. The lowest BCUT2D eigenvalue weighted by molar-refractivity contribution is 0.0469. The number of pyridine rings is 1. The van der Waals surface area contributed by atoms with Crippen LogP contribution in [-0.4, -0.2) is 39.9 Å². The summed E-state index contributed by atoms with van der Waals surface area (Å²) in [4.78, 5) is 29.1. The molecule has 0 saturated carbocycles. The molecule has 0 atom stereocenters. The molecule has 0 unspecified atom stereocenters. The van der Waals surface area contributed by atoms with Gasteiger partial charge in [0.05, 0.1) is 10.7 Å². The van der Waals surface area contributed by atoms with Gasteiger partial charge in [0.2, 0.25) is 6.79 Å². The number of hydrogen-bond acceptors (Lipinski definition) is 7. The molecule has 1 aliphatic rings. The van der Waals surface area contributed by atoms with Gasteiger partial charge in [0, 0.05) is 11.3 Å². The van der Waals surface area contributed by atoms with Gasteiger partial charge in [-0.1, -0.05) is 11.6 Å². The van der Waals surface area contributed by atoms with Crippen molar-refractivity contribution >= 4 is 23.4 Å². The number of fused-ring (bicyclic) bond motifs is 1. The van der Waals surface area contributed by atoms with E-state index >= 15 is 0 Å². The topological polar surface area (TPSA) is 92.5 Å². The lowest BCUT2D eigenvalue weighted by atomic mass is 10.1. The molecule has 3 heterocycles. The molecule has 0 N–H and O–H groups in total. The number of aryl methyl sites for hydroxylation is 2. The van der Waals surface area contributed by atoms with E-state index in [-0.39, 0.29) is 23.3 Å². The average molecular weight is 414 g/mol. The standard InChI is InChI=1S/C20H16ClN3O5/c1-11-7-12(2)24(23-11)18-6-4-14(21)19(22-18)20(26)27-9-15(25)13-3-5-16-17(8-13)29-10-28-16/h3-8H,9-10H2,1-2H3. The highest BCUT2D eigenvalue weighted by Gasteiger charge is 2.20. The molecule has 1 aliphatic heterocycles. The monoisotopic (exact) mass is 413 g/mol. The number of benzene rings is 1. The smallest absolute Gasteiger partial charge is 0.359 e. The number of ether oxygens (including phenoxy) is 3. The number of hydrogen-bond donors (Lipinski definition) is 0. The molecule has 0 aliphatic carbocycles. The van der Waals surface area contributed by atoms with E-state index in [2.05, 4.69) is 10.1 Å². The Labute approximate surface area is 171 Å². The van der Waals surface area contributed by atoms with Crippen molar-refractivity contribution in [1.82, 2.24) is 14.8 Å². The van der Waals surface area contributed by atoms with E-state index in [4.69, 9.17) is 25.8 Å². The van der Waals surface area contributed by atoms with Crippen molar-refractivity contribution in [3.05, 3.63) is 64.1 Å². The van der Waals surface area contributed by atoms with Crippen LogP contribution in [0.1, 0.15) is 32.2 Å². The maximum atomic E-state index is 12.5. The molecular weight excluding hydrogens is 398 g/mol. The Morgan fingerprint density at radius 2 is 1.93 bits per heavy atom. The zero-order valence-corrected chi connectivity index (χ0v) is 16.4. The minimum atomic E-state index is -0.799. The Balaban J connectivity index is 1.49. The Kier molecular flexibility index (Phi) is 4.94. The van der Waals surface area contributed by atoms with Crippen molar-refractivity contribution in [2.75, 3.05) is 13.4 Å². The van der Waals surface area contributed by atoms with Gasteiger partial charge in [-0.3, -0.25) is 4.79 Å². The Bertz CT molecular complexity index is 1130. The fourth-order valence-electron chi connectivity index (χ4n) is 2.91. The first kappa shape index (κ1) is 18.9. The number of ketones is 1. The van der Waals surface area contributed by atoms with Gasteiger partial charge in [0.25, 0.3) is 0 Å². The molecule has 29 heavy (non-hydrogen) atoms. The van der Waals surface area contributed by atoms with Gasteiger partial charge in [0.1, 0.15) is 0 Å². The maximum absolute atomic E-state index is 12.5. The molecule has 0 radical (unpaired) electrons. The molecule has 0 bridgehead atoms. The lowest BCUT2D eigenvalue weighted by Crippen LogP contribution is -2.16. The van der Waals surface area contributed by atoms with Crippen LogP contribution in [0.5, 0.6) is 11.5 Å². The summed E-state index contributed by atoms with van der Waals surface area (Å²) < 4.78 is 17.2. The highest BCUT2D eigenvalue weighted by Crippen LogP contribution is 2.32. The number of carbonyl (C=O) groups is 2. The summed E-state index contributed by atoms with van der Waals surface area (Å²) in [5.74, 6) is 0.281. The predicted molar refractivity (Wildman–Crippen MR) is 103 cm³/mol. The molecule has 0 fully saturated rings. The van der Waals surface area contributed by atoms with E-state index in [0.717, 1.165) is 11.4 Å². The minimum Gasteiger partial charge on any atom is -0.454 e. The highest BCUT2D eigenvalue weighted by molar-refractivity contribution is 6.33. The van der Waals surface area contributed by atoms with Gasteiger partial charge in [-0.2, -0.15) is 5.10 Å². The van der Waals surface area contributed by atoms with Gasteiger partial charge in [-0.05, 0) is 50.2 Å². The number of carbonyl (C=O) groups excluding carboxylic acids is 2. The van der Waals surface area contributed by atoms with Crippen molar-refractivity contribution in [1.29, 1.82) is 0 Å². The summed E-state index contributed by atoms with van der Waals surface area (Å²) in [6.07, 6.45) is 0. The van der Waals surface area contributed by atoms with Crippen LogP contribution in [0.25, 0.3) is 5.82 Å². The Morgan fingerprint density at radius 3 is 2.69 bits per heavy atom. The molecule has 2 aromatic heterocycles. The highest BCUT2D eigenvalue weighted by atomic mass is 35.5. The van der Waals surface area contributed by atoms with Gasteiger partial charge in [-0.25, -0.2) is 14.5 Å². The van der Waals surface area contributed by atoms with E-state index in [9.17, 15) is 9.59 Å². The largest absolute Gasteiger partial charge is 0.454 e. The van der Waals surface area contributed by atoms with Crippen molar-refractivity contribution in [2.24, 2.45) is 0 Å². The molecule has 1 aromatic carbocycles. The molecule has 8 nitrogen and oxygen atoms in total. The van der Waals surface area contributed by atoms with E-state index < -0.39 is 12.6 Å². The number of nitrogens with zero attached hydrogens (tertiary/aromatic N) is 3. The number of Topliss-reactive ketones (excluding diaryl/α,β-unsaturated/α-hetero) is 1. The second kappa shape index (κ2) is 7.56. The van der Waals surface area contributed by atoms with Crippen LogP contribution in [0.2, 0.25) is 5.02 Å². The molecule has 4 rings (SSSR count). The third-order valence-corrected chi connectivity index (χ3v) is 4.59. The Hall–Kier alpha value is -3.39. The summed E-state index contributed by atoms with van der Waals surface area (Å²) >= 11 is 6.11. The molecular formula is C20H16ClN3O5. The average Bonchev–Trinajstić information content (AvgIpc) is 3.31. The molecule has 3 aromatic rings. The summed E-state index contributed by atoms with van der Waals surface area (Å²) in [6, 6.07) is 9.84. The van der Waals surface area contributed by atoms with E-state index in [0.29, 0.717) is 22.9 Å². The van der Waals surface area contributed by atoms with Crippen LogP contribution in [0.3, 0.4) is 0 Å². The molecule has 9 heteroatoms. The quantitative estimate of drug-likeness (QED) is 0.468. The summed E-state index contributed by atoms with van der Waals surface area (Å²) in [5, 5.41) is 4.46. The second-order valence-electron chi connectivity index (χ2n) is 6.41. The molecule has 0 saturated heterocycles. The second-order valence-corrected chi connectivity index (χ2v) is 6.81. The van der Waals surface area contributed by atoms with Crippen molar-refractivity contribution in [2.45, 2.75) is 13.8 Å². The van der Waals surface area contributed by atoms with E-state index in [1.54, 1.807) is 28.9 Å². The predicted octanol–water partition coefficient (Wildman–Crippen LogP) is 3.31. The number of halogens is 1. The van der Waals surface area contributed by atoms with Crippen LogP contribution in [-0.2, 0) is 4.74 Å². The summed E-state index contributed by atoms with van der Waals surface area (Å²) in [5.41, 5.74) is 1.93. The fraction of sp³-hybridized carbons (Fsp3) is 0.200. The van der Waals surface area contributed by atoms with E-state index in [1.165, 1.54) is 6.07 Å². The third-order valence-electron chi connectivity index (χ3n) is 4.28. The SMILES string of the molecule is Cc1cc(C)n(-c2ccc(Cl)c(C(=O)OCC(=O)c3ccc4c(c3)OCO4)n2)n1. The van der Waals surface area contributed by atoms with Crippen molar-refractivity contribution in [3.63, 3.8) is 0 Å². The third kappa shape index (κ3) is 3.79. The summed E-state index contributed by atoms with van der Waals surface area (Å²) in [7, 11) is 0. The first-order chi connectivity index (χ1) is 13.9. The van der Waals surface area contributed by atoms with Crippen molar-refractivity contribution in [3.8, 4) is 17.3 Å². The number of esters is 1. The lowest BCUT2D eigenvalue weighted by Gasteiger charge is -2.08. The van der Waals surface area contributed by atoms with Gasteiger partial charge < -0.3 is 14.2 Å². The number of rotatable bonds is 5. The van der Waals surface area contributed by atoms with E-state index in [1.807, 2.05) is 19.9 Å². The maximum Gasteiger partial charge on any atom is 0.359 e. The first-order valence-corrected chi connectivity index (χ1v) is 9.10. The van der Waals surface area contributed by atoms with Crippen molar-refractivity contribution < 1.29 is 23.8 Å². The Morgan fingerprint density at radius 1 is 1.14 bits per heavy atom. The van der Waals surface area contributed by atoms with Gasteiger partial charge in [-0.15, -0.1) is 0 Å².